The third-order valence-electron chi connectivity index (χ3n) is 2.24. The monoisotopic (exact) mass is 302 g/mol. The van der Waals surface area contributed by atoms with Crippen molar-refractivity contribution in [3.63, 3.8) is 0 Å². The van der Waals surface area contributed by atoms with Crippen molar-refractivity contribution in [3.05, 3.63) is 28.7 Å². The second-order valence-electron chi connectivity index (χ2n) is 3.50. The Hall–Kier alpha value is -0.480. The molecule has 0 saturated heterocycles. The number of benzene rings is 1. The fourth-order valence-corrected chi connectivity index (χ4v) is 2.99. The molecule has 0 aromatic heterocycles. The zero-order chi connectivity index (χ0) is 12.0. The molecule has 16 heavy (non-hydrogen) atoms. The highest BCUT2D eigenvalue weighted by atomic mass is 79.9. The summed E-state index contributed by atoms with van der Waals surface area (Å²) in [6.45, 7) is 1.85. The molecule has 0 spiro atoms. The lowest BCUT2D eigenvalue weighted by atomic mass is 10.2. The summed E-state index contributed by atoms with van der Waals surface area (Å²) >= 11 is 3.34. The van der Waals surface area contributed by atoms with Crippen LogP contribution in [0, 0.1) is 0 Å². The summed E-state index contributed by atoms with van der Waals surface area (Å²) in [5, 5.41) is 0. The minimum absolute atomic E-state index is 0.242. The third-order valence-corrected chi connectivity index (χ3v) is 4.17. The average Bonchev–Trinajstić information content (AvgIpc) is 2.28. The minimum Gasteiger partial charge on any atom is -0.300 e. The van der Waals surface area contributed by atoms with Crippen LogP contribution in [0.1, 0.15) is 26.2 Å². The maximum absolute atomic E-state index is 11.8. The Morgan fingerprint density at radius 2 is 2.19 bits per heavy atom. The molecular weight excluding hydrogens is 288 g/mol. The van der Waals surface area contributed by atoms with Gasteiger partial charge in [0.1, 0.15) is 5.78 Å². The van der Waals surface area contributed by atoms with Gasteiger partial charge in [-0.15, -0.1) is 0 Å². The third kappa shape index (κ3) is 4.58. The first-order valence-corrected chi connectivity index (χ1v) is 7.40. The lowest BCUT2D eigenvalue weighted by Gasteiger charge is -2.02. The standard InChI is InChI=1S/C12H15BrO2S/c1-2-11(14)6-4-8-16(15)12-7-3-5-10(13)9-12/h3,5,7,9H,2,4,6,8H2,1H3. The highest BCUT2D eigenvalue weighted by Crippen LogP contribution is 2.15. The SMILES string of the molecule is CCC(=O)CCCS(=O)c1cccc(Br)c1. The summed E-state index contributed by atoms with van der Waals surface area (Å²) in [4.78, 5) is 11.9. The molecule has 0 radical (unpaired) electrons. The molecular formula is C12H15BrO2S. The van der Waals surface area contributed by atoms with Crippen LogP contribution in [-0.4, -0.2) is 15.7 Å². The topological polar surface area (TPSA) is 34.1 Å². The largest absolute Gasteiger partial charge is 0.300 e. The van der Waals surface area contributed by atoms with Gasteiger partial charge in [-0.25, -0.2) is 0 Å². The Bertz CT molecular complexity index is 390. The van der Waals surface area contributed by atoms with Gasteiger partial charge in [-0.05, 0) is 24.6 Å². The van der Waals surface area contributed by atoms with E-state index in [2.05, 4.69) is 15.9 Å². The number of rotatable bonds is 6. The Morgan fingerprint density at radius 3 is 2.81 bits per heavy atom. The van der Waals surface area contributed by atoms with E-state index < -0.39 is 10.8 Å². The molecule has 4 heteroatoms. The number of hydrogen-bond acceptors (Lipinski definition) is 2. The molecule has 0 aliphatic carbocycles. The first kappa shape index (κ1) is 13.6. The van der Waals surface area contributed by atoms with Gasteiger partial charge in [-0.1, -0.05) is 28.9 Å². The van der Waals surface area contributed by atoms with Crippen molar-refractivity contribution in [2.75, 3.05) is 5.75 Å². The van der Waals surface area contributed by atoms with Crippen LogP contribution in [0.4, 0.5) is 0 Å². The van der Waals surface area contributed by atoms with Crippen molar-refractivity contribution >= 4 is 32.5 Å². The number of halogens is 1. The molecule has 1 rings (SSSR count). The van der Waals surface area contributed by atoms with Gasteiger partial charge in [0.25, 0.3) is 0 Å². The van der Waals surface area contributed by atoms with E-state index in [1.165, 1.54) is 0 Å². The normalized spacial score (nSPS) is 12.4. The summed E-state index contributed by atoms with van der Waals surface area (Å²) in [5.41, 5.74) is 0. The fraction of sp³-hybridized carbons (Fsp3) is 0.417. The zero-order valence-corrected chi connectivity index (χ0v) is 11.6. The molecule has 0 N–H and O–H groups in total. The van der Waals surface area contributed by atoms with Crippen LogP contribution in [0.2, 0.25) is 0 Å². The van der Waals surface area contributed by atoms with E-state index in [9.17, 15) is 9.00 Å². The van der Waals surface area contributed by atoms with Crippen molar-refractivity contribution in [1.29, 1.82) is 0 Å². The number of carbonyl (C=O) groups is 1. The first-order valence-electron chi connectivity index (χ1n) is 5.29. The minimum atomic E-state index is -0.994. The number of Topliss-reactive ketones (excluding diaryl/α,β-unsaturated/α-hetero) is 1. The Balaban J connectivity index is 2.44. The molecule has 88 valence electrons. The number of hydrogen-bond donors (Lipinski definition) is 0. The summed E-state index contributed by atoms with van der Waals surface area (Å²) in [6, 6.07) is 7.48. The molecule has 0 heterocycles. The quantitative estimate of drug-likeness (QED) is 0.808. The van der Waals surface area contributed by atoms with Gasteiger partial charge in [-0.2, -0.15) is 0 Å². The van der Waals surface area contributed by atoms with Crippen LogP contribution >= 0.6 is 15.9 Å². The lowest BCUT2D eigenvalue weighted by Crippen LogP contribution is -2.02. The van der Waals surface area contributed by atoms with Crippen molar-refractivity contribution in [1.82, 2.24) is 0 Å². The van der Waals surface area contributed by atoms with E-state index in [4.69, 9.17) is 0 Å². The Morgan fingerprint density at radius 1 is 1.44 bits per heavy atom. The number of ketones is 1. The zero-order valence-electron chi connectivity index (χ0n) is 9.24. The Labute approximate surface area is 107 Å². The van der Waals surface area contributed by atoms with E-state index in [0.717, 1.165) is 9.37 Å². The molecule has 1 aromatic rings. The highest BCUT2D eigenvalue weighted by Gasteiger charge is 2.05. The van der Waals surface area contributed by atoms with Crippen LogP contribution in [0.5, 0.6) is 0 Å². The van der Waals surface area contributed by atoms with Gasteiger partial charge >= 0.3 is 0 Å². The Kier molecular flexibility index (Phi) is 5.91. The molecule has 0 aliphatic heterocycles. The molecule has 1 aromatic carbocycles. The van der Waals surface area contributed by atoms with Crippen LogP contribution in [-0.2, 0) is 15.6 Å². The van der Waals surface area contributed by atoms with Gasteiger partial charge < -0.3 is 0 Å². The van der Waals surface area contributed by atoms with Crippen molar-refractivity contribution in [3.8, 4) is 0 Å². The van der Waals surface area contributed by atoms with Gasteiger partial charge in [0.05, 0.1) is 10.8 Å². The molecule has 0 fully saturated rings. The van der Waals surface area contributed by atoms with E-state index in [-0.39, 0.29) is 5.78 Å². The van der Waals surface area contributed by atoms with E-state index in [1.54, 1.807) is 0 Å². The lowest BCUT2D eigenvalue weighted by molar-refractivity contribution is -0.118. The van der Waals surface area contributed by atoms with Crippen molar-refractivity contribution in [2.45, 2.75) is 31.1 Å². The molecule has 1 atom stereocenters. The van der Waals surface area contributed by atoms with Crippen molar-refractivity contribution in [2.24, 2.45) is 0 Å². The maximum Gasteiger partial charge on any atom is 0.132 e. The molecule has 0 amide bonds. The fourth-order valence-electron chi connectivity index (χ4n) is 1.30. The maximum atomic E-state index is 11.8. The number of carbonyl (C=O) groups excluding carboxylic acids is 1. The second kappa shape index (κ2) is 6.97. The summed E-state index contributed by atoms with van der Waals surface area (Å²) in [5.74, 6) is 0.800. The molecule has 0 aliphatic rings. The van der Waals surface area contributed by atoms with E-state index >= 15 is 0 Å². The van der Waals surface area contributed by atoms with Crippen molar-refractivity contribution < 1.29 is 9.00 Å². The van der Waals surface area contributed by atoms with Gasteiger partial charge in [0.15, 0.2) is 0 Å². The predicted molar refractivity (Wildman–Crippen MR) is 69.9 cm³/mol. The molecule has 0 saturated carbocycles. The van der Waals surface area contributed by atoms with Crippen LogP contribution in [0.3, 0.4) is 0 Å². The smallest absolute Gasteiger partial charge is 0.132 e. The van der Waals surface area contributed by atoms with E-state index in [1.807, 2.05) is 31.2 Å². The molecule has 2 nitrogen and oxygen atoms in total. The first-order chi connectivity index (χ1) is 7.63. The van der Waals surface area contributed by atoms with Gasteiger partial charge in [0.2, 0.25) is 0 Å². The van der Waals surface area contributed by atoms with E-state index in [0.29, 0.717) is 25.0 Å². The summed E-state index contributed by atoms with van der Waals surface area (Å²) in [7, 11) is -0.994. The molecule has 1 unspecified atom stereocenters. The van der Waals surface area contributed by atoms with Crippen LogP contribution < -0.4 is 0 Å². The summed E-state index contributed by atoms with van der Waals surface area (Å²) in [6.07, 6.45) is 1.81. The van der Waals surface area contributed by atoms with Crippen LogP contribution in [0.25, 0.3) is 0 Å². The highest BCUT2D eigenvalue weighted by molar-refractivity contribution is 9.10. The molecule has 0 bridgehead atoms. The second-order valence-corrected chi connectivity index (χ2v) is 5.99. The predicted octanol–water partition coefficient (Wildman–Crippen LogP) is 3.32. The van der Waals surface area contributed by atoms with Gasteiger partial charge in [-0.3, -0.25) is 9.00 Å². The van der Waals surface area contributed by atoms with Crippen LogP contribution in [0.15, 0.2) is 33.6 Å². The van der Waals surface area contributed by atoms with Gasteiger partial charge in [0, 0.05) is 28.0 Å². The average molecular weight is 303 g/mol. The summed E-state index contributed by atoms with van der Waals surface area (Å²) < 4.78 is 12.8.